The summed E-state index contributed by atoms with van der Waals surface area (Å²) < 4.78 is 5.16. The normalized spacial score (nSPS) is 11.8. The minimum atomic E-state index is -0.595. The van der Waals surface area contributed by atoms with Crippen molar-refractivity contribution in [1.29, 1.82) is 0 Å². The quantitative estimate of drug-likeness (QED) is 0.906. The van der Waals surface area contributed by atoms with E-state index in [2.05, 4.69) is 5.32 Å². The number of hydrogen-bond donors (Lipinski definition) is 2. The van der Waals surface area contributed by atoms with Crippen LogP contribution in [-0.4, -0.2) is 18.1 Å². The number of ether oxygens (including phenoxy) is 1. The monoisotopic (exact) mass is 305 g/mol. The van der Waals surface area contributed by atoms with Gasteiger partial charge in [-0.2, -0.15) is 0 Å². The maximum Gasteiger partial charge on any atom is 0.259 e. The summed E-state index contributed by atoms with van der Waals surface area (Å²) >= 11 is 5.92. The Labute approximate surface area is 128 Å². The molecule has 0 aliphatic rings. The molecule has 0 aromatic heterocycles. The zero-order chi connectivity index (χ0) is 15.4. The third-order valence-electron chi connectivity index (χ3n) is 3.03. The molecule has 4 nitrogen and oxygen atoms in total. The van der Waals surface area contributed by atoms with Crippen molar-refractivity contribution in [2.75, 3.05) is 12.4 Å². The zero-order valence-electron chi connectivity index (χ0n) is 11.8. The smallest absolute Gasteiger partial charge is 0.259 e. The molecule has 1 amide bonds. The van der Waals surface area contributed by atoms with Gasteiger partial charge in [-0.1, -0.05) is 23.7 Å². The molecule has 0 saturated carbocycles. The molecule has 2 N–H and O–H groups in total. The molecular weight excluding hydrogens is 290 g/mol. The Bertz CT molecular complexity index is 656. The molecule has 0 aliphatic heterocycles. The second kappa shape index (κ2) is 6.61. The Morgan fingerprint density at radius 2 is 2.05 bits per heavy atom. The van der Waals surface area contributed by atoms with Crippen molar-refractivity contribution in [3.63, 3.8) is 0 Å². The van der Waals surface area contributed by atoms with Gasteiger partial charge in [-0.3, -0.25) is 4.79 Å². The third-order valence-corrected chi connectivity index (χ3v) is 3.27. The van der Waals surface area contributed by atoms with E-state index in [1.807, 2.05) is 0 Å². The van der Waals surface area contributed by atoms with Crippen LogP contribution in [-0.2, 0) is 0 Å². The first-order chi connectivity index (χ1) is 10.0. The first kappa shape index (κ1) is 15.4. The highest BCUT2D eigenvalue weighted by atomic mass is 35.5. The number of nitrogens with one attached hydrogen (secondary N) is 1. The average molecular weight is 306 g/mol. The lowest BCUT2D eigenvalue weighted by Crippen LogP contribution is -2.13. The van der Waals surface area contributed by atoms with Gasteiger partial charge < -0.3 is 15.2 Å². The highest BCUT2D eigenvalue weighted by Gasteiger charge is 2.13. The molecule has 2 rings (SSSR count). The van der Waals surface area contributed by atoms with Gasteiger partial charge in [0.05, 0.1) is 18.8 Å². The van der Waals surface area contributed by atoms with Crippen LogP contribution in [0.25, 0.3) is 0 Å². The van der Waals surface area contributed by atoms with Gasteiger partial charge in [0.15, 0.2) is 0 Å². The fraction of sp³-hybridized carbons (Fsp3) is 0.188. The molecular formula is C16H16ClNO3. The van der Waals surface area contributed by atoms with E-state index in [4.69, 9.17) is 16.3 Å². The predicted molar refractivity (Wildman–Crippen MR) is 83.0 cm³/mol. The summed E-state index contributed by atoms with van der Waals surface area (Å²) in [7, 11) is 1.49. The molecule has 0 fully saturated rings. The Kier molecular flexibility index (Phi) is 4.83. The number of hydrogen-bond acceptors (Lipinski definition) is 3. The molecule has 2 aromatic rings. The average Bonchev–Trinajstić information content (AvgIpc) is 2.47. The van der Waals surface area contributed by atoms with Crippen LogP contribution in [0.5, 0.6) is 5.75 Å². The molecule has 0 spiro atoms. The summed E-state index contributed by atoms with van der Waals surface area (Å²) in [5.41, 5.74) is 1.68. The first-order valence-electron chi connectivity index (χ1n) is 6.44. The van der Waals surface area contributed by atoms with Crippen LogP contribution in [0.15, 0.2) is 42.5 Å². The van der Waals surface area contributed by atoms with Gasteiger partial charge in [0.1, 0.15) is 5.75 Å². The Morgan fingerprint density at radius 1 is 1.29 bits per heavy atom. The van der Waals surface area contributed by atoms with E-state index in [1.54, 1.807) is 49.4 Å². The number of carbonyl (C=O) groups is 1. The molecule has 1 atom stereocenters. The van der Waals surface area contributed by atoms with Crippen LogP contribution in [0, 0.1) is 0 Å². The van der Waals surface area contributed by atoms with Crippen LogP contribution < -0.4 is 10.1 Å². The Hall–Kier alpha value is -2.04. The lowest BCUT2D eigenvalue weighted by atomic mass is 10.1. The first-order valence-corrected chi connectivity index (χ1v) is 6.82. The summed E-state index contributed by atoms with van der Waals surface area (Å²) in [6.45, 7) is 1.67. The van der Waals surface area contributed by atoms with E-state index in [0.717, 1.165) is 5.56 Å². The van der Waals surface area contributed by atoms with E-state index >= 15 is 0 Å². The number of anilines is 1. The van der Waals surface area contributed by atoms with Crippen molar-refractivity contribution in [3.05, 3.63) is 58.6 Å². The minimum Gasteiger partial charge on any atom is -0.496 e. The summed E-state index contributed by atoms with van der Waals surface area (Å²) in [4.78, 5) is 12.3. The van der Waals surface area contributed by atoms with Crippen molar-refractivity contribution in [2.24, 2.45) is 0 Å². The Balaban J connectivity index is 2.26. The number of benzene rings is 2. The predicted octanol–water partition coefficient (Wildman–Crippen LogP) is 3.65. The van der Waals surface area contributed by atoms with E-state index in [-0.39, 0.29) is 5.91 Å². The molecule has 0 radical (unpaired) electrons. The van der Waals surface area contributed by atoms with Crippen molar-refractivity contribution < 1.29 is 14.6 Å². The lowest BCUT2D eigenvalue weighted by Gasteiger charge is -2.11. The highest BCUT2D eigenvalue weighted by molar-refractivity contribution is 6.31. The maximum absolute atomic E-state index is 12.3. The van der Waals surface area contributed by atoms with Gasteiger partial charge >= 0.3 is 0 Å². The largest absolute Gasteiger partial charge is 0.496 e. The van der Waals surface area contributed by atoms with Gasteiger partial charge in [-0.15, -0.1) is 0 Å². The summed E-state index contributed by atoms with van der Waals surface area (Å²) in [6, 6.07) is 11.9. The van der Waals surface area contributed by atoms with Gasteiger partial charge in [-0.05, 0) is 42.8 Å². The molecule has 0 bridgehead atoms. The highest BCUT2D eigenvalue weighted by Crippen LogP contribution is 2.24. The standard InChI is InChI=1S/C16H16ClNO3/c1-10(19)11-4-3-5-13(8-11)18-16(20)14-9-12(17)6-7-15(14)21-2/h3-10,19H,1-2H3,(H,18,20)/t10-/m0/s1. The van der Waals surface area contributed by atoms with Crippen LogP contribution in [0.4, 0.5) is 5.69 Å². The molecule has 21 heavy (non-hydrogen) atoms. The number of carbonyl (C=O) groups excluding carboxylic acids is 1. The topological polar surface area (TPSA) is 58.6 Å². The number of aliphatic hydroxyl groups is 1. The third kappa shape index (κ3) is 3.74. The zero-order valence-corrected chi connectivity index (χ0v) is 12.5. The number of methoxy groups -OCH3 is 1. The second-order valence-corrected chi connectivity index (χ2v) is 5.04. The molecule has 5 heteroatoms. The number of rotatable bonds is 4. The minimum absolute atomic E-state index is 0.322. The van der Waals surface area contributed by atoms with Crippen LogP contribution >= 0.6 is 11.6 Å². The SMILES string of the molecule is COc1ccc(Cl)cc1C(=O)Nc1cccc([C@H](C)O)c1. The fourth-order valence-corrected chi connectivity index (χ4v) is 2.10. The Morgan fingerprint density at radius 3 is 2.71 bits per heavy atom. The van der Waals surface area contributed by atoms with E-state index in [9.17, 15) is 9.90 Å². The van der Waals surface area contributed by atoms with Crippen molar-refractivity contribution in [1.82, 2.24) is 0 Å². The van der Waals surface area contributed by atoms with Gasteiger partial charge in [0.25, 0.3) is 5.91 Å². The fourth-order valence-electron chi connectivity index (χ4n) is 1.93. The van der Waals surface area contributed by atoms with Gasteiger partial charge in [0, 0.05) is 10.7 Å². The maximum atomic E-state index is 12.3. The molecule has 0 saturated heterocycles. The van der Waals surface area contributed by atoms with Crippen molar-refractivity contribution >= 4 is 23.2 Å². The number of amides is 1. The van der Waals surface area contributed by atoms with Gasteiger partial charge in [0.2, 0.25) is 0 Å². The molecule has 0 aliphatic carbocycles. The van der Waals surface area contributed by atoms with Crippen molar-refractivity contribution in [2.45, 2.75) is 13.0 Å². The number of halogens is 1. The van der Waals surface area contributed by atoms with Crippen LogP contribution in [0.2, 0.25) is 5.02 Å². The van der Waals surface area contributed by atoms with E-state index in [1.165, 1.54) is 7.11 Å². The van der Waals surface area contributed by atoms with Crippen molar-refractivity contribution in [3.8, 4) is 5.75 Å². The molecule has 0 unspecified atom stereocenters. The summed E-state index contributed by atoms with van der Waals surface area (Å²) in [5.74, 6) is 0.126. The summed E-state index contributed by atoms with van der Waals surface area (Å²) in [5, 5.41) is 12.8. The molecule has 2 aromatic carbocycles. The molecule has 0 heterocycles. The van der Waals surface area contributed by atoms with Crippen LogP contribution in [0.3, 0.4) is 0 Å². The number of aliphatic hydroxyl groups excluding tert-OH is 1. The molecule has 110 valence electrons. The lowest BCUT2D eigenvalue weighted by molar-refractivity contribution is 0.102. The van der Waals surface area contributed by atoms with E-state index < -0.39 is 6.10 Å². The van der Waals surface area contributed by atoms with E-state index in [0.29, 0.717) is 22.0 Å². The van der Waals surface area contributed by atoms with Gasteiger partial charge in [-0.25, -0.2) is 0 Å². The van der Waals surface area contributed by atoms with Crippen LogP contribution in [0.1, 0.15) is 28.9 Å². The second-order valence-electron chi connectivity index (χ2n) is 4.60. The summed E-state index contributed by atoms with van der Waals surface area (Å²) in [6.07, 6.45) is -0.595.